The lowest BCUT2D eigenvalue weighted by Crippen LogP contribution is -2.33. The van der Waals surface area contributed by atoms with E-state index in [0.717, 1.165) is 19.4 Å². The third-order valence-corrected chi connectivity index (χ3v) is 3.38. The van der Waals surface area contributed by atoms with Crippen LogP contribution in [0.2, 0.25) is 0 Å². The van der Waals surface area contributed by atoms with Crippen LogP contribution in [0, 0.1) is 0 Å². The summed E-state index contributed by atoms with van der Waals surface area (Å²) in [5, 5.41) is 2.75. The second kappa shape index (κ2) is 6.72. The van der Waals surface area contributed by atoms with Crippen molar-refractivity contribution < 1.29 is 9.53 Å². The quantitative estimate of drug-likeness (QED) is 0.824. The molecule has 1 aromatic heterocycles. The summed E-state index contributed by atoms with van der Waals surface area (Å²) in [7, 11) is 0. The summed E-state index contributed by atoms with van der Waals surface area (Å²) in [6.45, 7) is 1.22. The van der Waals surface area contributed by atoms with Crippen LogP contribution in [0.15, 0.2) is 10.9 Å². The number of aromatic nitrogens is 2. The Balaban J connectivity index is 1.99. The number of hydrogen-bond acceptors (Lipinski definition) is 5. The number of carbonyl (C=O) groups is 1. The molecule has 19 heavy (non-hydrogen) atoms. The van der Waals surface area contributed by atoms with Crippen molar-refractivity contribution in [2.45, 2.75) is 24.7 Å². The molecule has 1 saturated heterocycles. The van der Waals surface area contributed by atoms with E-state index in [1.54, 1.807) is 0 Å². The number of nitrogens with zero attached hydrogens (tertiary/aromatic N) is 1. The fourth-order valence-corrected chi connectivity index (χ4v) is 2.34. The summed E-state index contributed by atoms with van der Waals surface area (Å²) in [6, 6.07) is 1.22. The first-order valence-electron chi connectivity index (χ1n) is 6.18. The number of nitrogens with one attached hydrogen (secondary N) is 2. The maximum Gasteiger partial charge on any atom is 0.270 e. The molecule has 1 aromatic rings. The number of H-pyrrole nitrogens is 1. The smallest absolute Gasteiger partial charge is 0.270 e. The van der Waals surface area contributed by atoms with Crippen molar-refractivity contribution >= 4 is 17.7 Å². The van der Waals surface area contributed by atoms with Crippen LogP contribution in [0.25, 0.3) is 0 Å². The van der Waals surface area contributed by atoms with Gasteiger partial charge in [-0.1, -0.05) is 0 Å². The van der Waals surface area contributed by atoms with Gasteiger partial charge in [-0.2, -0.15) is 11.8 Å². The van der Waals surface area contributed by atoms with Gasteiger partial charge in [0.15, 0.2) is 0 Å². The van der Waals surface area contributed by atoms with Crippen molar-refractivity contribution in [3.8, 4) is 0 Å². The van der Waals surface area contributed by atoms with Gasteiger partial charge in [0.1, 0.15) is 11.5 Å². The minimum atomic E-state index is -0.330. The van der Waals surface area contributed by atoms with Gasteiger partial charge < -0.3 is 15.0 Å². The summed E-state index contributed by atoms with van der Waals surface area (Å²) in [5.41, 5.74) is -0.146. The molecule has 1 unspecified atom stereocenters. The first kappa shape index (κ1) is 14.1. The van der Waals surface area contributed by atoms with Gasteiger partial charge in [-0.15, -0.1) is 0 Å². The molecule has 1 aliphatic heterocycles. The maximum absolute atomic E-state index is 11.9. The van der Waals surface area contributed by atoms with Gasteiger partial charge in [-0.25, -0.2) is 4.98 Å². The van der Waals surface area contributed by atoms with E-state index in [9.17, 15) is 9.59 Å². The van der Waals surface area contributed by atoms with Gasteiger partial charge in [-0.3, -0.25) is 9.59 Å². The average molecular weight is 283 g/mol. The molecule has 2 rings (SSSR count). The first-order chi connectivity index (χ1) is 9.19. The summed E-state index contributed by atoms with van der Waals surface area (Å²) in [5.74, 6) is 0.758. The summed E-state index contributed by atoms with van der Waals surface area (Å²) in [6.07, 6.45) is 3.98. The second-order valence-electron chi connectivity index (χ2n) is 4.36. The average Bonchev–Trinajstić information content (AvgIpc) is 2.88. The van der Waals surface area contributed by atoms with E-state index in [2.05, 4.69) is 15.3 Å². The highest BCUT2D eigenvalue weighted by atomic mass is 32.2. The third kappa shape index (κ3) is 4.07. The van der Waals surface area contributed by atoms with Crippen LogP contribution in [-0.4, -0.2) is 41.4 Å². The van der Waals surface area contributed by atoms with E-state index in [4.69, 9.17) is 4.74 Å². The van der Waals surface area contributed by atoms with Crippen molar-refractivity contribution in [1.29, 1.82) is 0 Å². The molecule has 7 heteroatoms. The zero-order valence-corrected chi connectivity index (χ0v) is 11.6. The number of ether oxygens (including phenoxy) is 1. The highest BCUT2D eigenvalue weighted by molar-refractivity contribution is 7.97. The molecule has 2 heterocycles. The van der Waals surface area contributed by atoms with Crippen LogP contribution in [0.4, 0.5) is 0 Å². The number of amides is 1. The molecule has 0 saturated carbocycles. The number of rotatable bonds is 5. The fraction of sp³-hybridized carbons (Fsp3) is 0.583. The molecular formula is C12H17N3O3S. The lowest BCUT2D eigenvalue weighted by molar-refractivity contribution is 0.0853. The Hall–Kier alpha value is -1.34. The number of hydrogen-bond donors (Lipinski definition) is 2. The summed E-state index contributed by atoms with van der Waals surface area (Å²) in [4.78, 5) is 30.1. The Morgan fingerprint density at radius 1 is 1.68 bits per heavy atom. The van der Waals surface area contributed by atoms with Gasteiger partial charge in [0.05, 0.1) is 11.9 Å². The topological polar surface area (TPSA) is 84.1 Å². The Kier molecular flexibility index (Phi) is 4.98. The maximum atomic E-state index is 11.9. The van der Waals surface area contributed by atoms with E-state index in [1.165, 1.54) is 17.8 Å². The monoisotopic (exact) mass is 283 g/mol. The molecule has 2 N–H and O–H groups in total. The van der Waals surface area contributed by atoms with E-state index in [1.807, 2.05) is 6.26 Å². The molecule has 0 aliphatic carbocycles. The van der Waals surface area contributed by atoms with Crippen molar-refractivity contribution in [1.82, 2.24) is 15.3 Å². The summed E-state index contributed by atoms with van der Waals surface area (Å²) >= 11 is 1.53. The van der Waals surface area contributed by atoms with Crippen LogP contribution in [0.5, 0.6) is 0 Å². The normalized spacial score (nSPS) is 18.5. The van der Waals surface area contributed by atoms with Crippen molar-refractivity contribution in [3.05, 3.63) is 27.9 Å². The standard InChI is InChI=1S/C12H17N3O3S/c1-19-7-10-14-9(5-11(16)15-10)12(17)13-6-8-3-2-4-18-8/h5,8H,2-4,6-7H2,1H3,(H,13,17)(H,14,15,16). The molecular weight excluding hydrogens is 266 g/mol. The molecule has 1 fully saturated rings. The van der Waals surface area contributed by atoms with E-state index < -0.39 is 0 Å². The fourth-order valence-electron chi connectivity index (χ4n) is 1.93. The third-order valence-electron chi connectivity index (χ3n) is 2.82. The van der Waals surface area contributed by atoms with Gasteiger partial charge in [0, 0.05) is 19.2 Å². The zero-order chi connectivity index (χ0) is 13.7. The molecule has 1 atom stereocenters. The zero-order valence-electron chi connectivity index (χ0n) is 10.8. The summed E-state index contributed by atoms with van der Waals surface area (Å²) < 4.78 is 5.42. The molecule has 0 aromatic carbocycles. The highest BCUT2D eigenvalue weighted by Gasteiger charge is 2.17. The largest absolute Gasteiger partial charge is 0.376 e. The molecule has 6 nitrogen and oxygen atoms in total. The Morgan fingerprint density at radius 2 is 2.53 bits per heavy atom. The van der Waals surface area contributed by atoms with Crippen LogP contribution in [0.1, 0.15) is 29.2 Å². The van der Waals surface area contributed by atoms with Gasteiger partial charge in [-0.05, 0) is 19.1 Å². The van der Waals surface area contributed by atoms with Gasteiger partial charge in [0.25, 0.3) is 11.5 Å². The Bertz CT molecular complexity index is 497. The molecule has 1 amide bonds. The SMILES string of the molecule is CSCc1nc(C(=O)NCC2CCCO2)cc(=O)[nH]1. The predicted octanol–water partition coefficient (Wildman–Crippen LogP) is 0.542. The minimum absolute atomic E-state index is 0.0802. The van der Waals surface area contributed by atoms with Crippen molar-refractivity contribution in [3.63, 3.8) is 0 Å². The van der Waals surface area contributed by atoms with Crippen LogP contribution >= 0.6 is 11.8 Å². The molecule has 0 bridgehead atoms. The lowest BCUT2D eigenvalue weighted by Gasteiger charge is -2.10. The Labute approximate surface area is 115 Å². The van der Waals surface area contributed by atoms with Crippen LogP contribution in [0.3, 0.4) is 0 Å². The van der Waals surface area contributed by atoms with E-state index in [-0.39, 0.29) is 23.3 Å². The number of thioether (sulfide) groups is 1. The molecule has 1 aliphatic rings. The molecule has 0 radical (unpaired) electrons. The highest BCUT2D eigenvalue weighted by Crippen LogP contribution is 2.10. The lowest BCUT2D eigenvalue weighted by atomic mass is 10.2. The number of aromatic amines is 1. The first-order valence-corrected chi connectivity index (χ1v) is 7.57. The Morgan fingerprint density at radius 3 is 3.21 bits per heavy atom. The molecule has 0 spiro atoms. The second-order valence-corrected chi connectivity index (χ2v) is 5.22. The molecule has 104 valence electrons. The van der Waals surface area contributed by atoms with Crippen LogP contribution < -0.4 is 10.9 Å². The van der Waals surface area contributed by atoms with Crippen LogP contribution in [-0.2, 0) is 10.5 Å². The van der Waals surface area contributed by atoms with E-state index >= 15 is 0 Å². The van der Waals surface area contributed by atoms with E-state index in [0.29, 0.717) is 18.1 Å². The van der Waals surface area contributed by atoms with Gasteiger partial charge in [0.2, 0.25) is 0 Å². The van der Waals surface area contributed by atoms with Crippen molar-refractivity contribution in [2.75, 3.05) is 19.4 Å². The number of carbonyl (C=O) groups excluding carboxylic acids is 1. The minimum Gasteiger partial charge on any atom is -0.376 e. The predicted molar refractivity (Wildman–Crippen MR) is 73.4 cm³/mol. The van der Waals surface area contributed by atoms with Gasteiger partial charge >= 0.3 is 0 Å². The van der Waals surface area contributed by atoms with Crippen molar-refractivity contribution in [2.24, 2.45) is 0 Å².